The van der Waals surface area contributed by atoms with Crippen molar-refractivity contribution in [2.24, 2.45) is 0 Å². The number of hydrogen-bond acceptors (Lipinski definition) is 6. The smallest absolute Gasteiger partial charge is 0.230 e. The predicted octanol–water partition coefficient (Wildman–Crippen LogP) is 3.59. The fraction of sp³-hybridized carbons (Fsp3) is 0.158. The molecule has 2 aromatic heterocycles. The van der Waals surface area contributed by atoms with Crippen molar-refractivity contribution in [3.05, 3.63) is 65.4 Å². The lowest BCUT2D eigenvalue weighted by Gasteiger charge is -2.06. The summed E-state index contributed by atoms with van der Waals surface area (Å²) < 4.78 is 3.01. The van der Waals surface area contributed by atoms with Gasteiger partial charge in [-0.3, -0.25) is 9.36 Å². The van der Waals surface area contributed by atoms with E-state index in [-0.39, 0.29) is 11.7 Å². The average Bonchev–Trinajstić information content (AvgIpc) is 3.31. The Hall–Kier alpha value is -2.71. The lowest BCUT2D eigenvalue weighted by molar-refractivity contribution is -0.118. The van der Waals surface area contributed by atoms with Crippen LogP contribution in [0.1, 0.15) is 10.6 Å². The number of benzene rings is 2. The number of nitrogens with one attached hydrogen (secondary N) is 1. The minimum absolute atomic E-state index is 0.0577. The third kappa shape index (κ3) is 4.17. The maximum Gasteiger partial charge on any atom is 0.230 e. The third-order valence-corrected chi connectivity index (χ3v) is 5.92. The van der Waals surface area contributed by atoms with Crippen molar-refractivity contribution in [3.8, 4) is 5.69 Å². The number of carbonyl (C=O) groups is 1. The van der Waals surface area contributed by atoms with Crippen LogP contribution < -0.4 is 5.32 Å². The van der Waals surface area contributed by atoms with Crippen molar-refractivity contribution >= 4 is 39.2 Å². The van der Waals surface area contributed by atoms with Gasteiger partial charge in [0.25, 0.3) is 0 Å². The zero-order valence-electron chi connectivity index (χ0n) is 14.6. The summed E-state index contributed by atoms with van der Waals surface area (Å²) in [5, 5.41) is 12.6. The predicted molar refractivity (Wildman–Crippen MR) is 108 cm³/mol. The highest BCUT2D eigenvalue weighted by atomic mass is 32.2. The van der Waals surface area contributed by atoms with Gasteiger partial charge < -0.3 is 5.32 Å². The minimum atomic E-state index is -0.0577. The summed E-state index contributed by atoms with van der Waals surface area (Å²) in [6.07, 6.45) is 1.66. The van der Waals surface area contributed by atoms with Crippen molar-refractivity contribution in [2.45, 2.75) is 18.6 Å². The van der Waals surface area contributed by atoms with Crippen LogP contribution in [0, 0.1) is 6.92 Å². The van der Waals surface area contributed by atoms with E-state index >= 15 is 0 Å². The van der Waals surface area contributed by atoms with E-state index in [9.17, 15) is 4.79 Å². The van der Waals surface area contributed by atoms with E-state index in [2.05, 4.69) is 20.5 Å². The van der Waals surface area contributed by atoms with Crippen molar-refractivity contribution in [2.75, 3.05) is 5.75 Å². The van der Waals surface area contributed by atoms with Gasteiger partial charge in [0.05, 0.1) is 22.5 Å². The van der Waals surface area contributed by atoms with Crippen LogP contribution in [-0.4, -0.2) is 31.4 Å². The molecule has 1 amide bonds. The summed E-state index contributed by atoms with van der Waals surface area (Å²) in [5.74, 6) is 0.216. The van der Waals surface area contributed by atoms with Gasteiger partial charge in [-0.15, -0.1) is 21.5 Å². The zero-order valence-corrected chi connectivity index (χ0v) is 16.3. The first-order chi connectivity index (χ1) is 13.2. The molecule has 4 rings (SSSR count). The quantitative estimate of drug-likeness (QED) is 0.505. The number of amides is 1. The number of rotatable bonds is 6. The second-order valence-corrected chi connectivity index (χ2v) is 8.02. The van der Waals surface area contributed by atoms with Gasteiger partial charge in [0.15, 0.2) is 5.16 Å². The first-order valence-electron chi connectivity index (χ1n) is 8.40. The monoisotopic (exact) mass is 395 g/mol. The van der Waals surface area contributed by atoms with Gasteiger partial charge in [-0.05, 0) is 31.2 Å². The van der Waals surface area contributed by atoms with E-state index in [4.69, 9.17) is 0 Å². The first kappa shape index (κ1) is 17.7. The van der Waals surface area contributed by atoms with Gasteiger partial charge in [0.1, 0.15) is 11.3 Å². The maximum absolute atomic E-state index is 12.2. The maximum atomic E-state index is 12.2. The van der Waals surface area contributed by atoms with Gasteiger partial charge in [-0.2, -0.15) is 0 Å². The van der Waals surface area contributed by atoms with Crippen LogP contribution in [0.25, 0.3) is 15.9 Å². The number of thioether (sulfide) groups is 1. The summed E-state index contributed by atoms with van der Waals surface area (Å²) in [6, 6.07) is 16.1. The molecule has 0 radical (unpaired) electrons. The van der Waals surface area contributed by atoms with Crippen LogP contribution in [0.15, 0.2) is 60.0 Å². The largest absolute Gasteiger partial charge is 0.349 e. The highest BCUT2D eigenvalue weighted by Gasteiger charge is 2.11. The highest BCUT2D eigenvalue weighted by Crippen LogP contribution is 2.22. The molecule has 2 heterocycles. The Balaban J connectivity index is 1.34. The molecule has 136 valence electrons. The van der Waals surface area contributed by atoms with Gasteiger partial charge in [0, 0.05) is 5.69 Å². The molecule has 4 aromatic rings. The lowest BCUT2D eigenvalue weighted by Crippen LogP contribution is -2.24. The molecule has 0 aliphatic heterocycles. The zero-order chi connectivity index (χ0) is 18.6. The molecular formula is C19H17N5OS2. The van der Waals surface area contributed by atoms with Gasteiger partial charge in [-0.1, -0.05) is 41.6 Å². The van der Waals surface area contributed by atoms with Crippen molar-refractivity contribution in [1.29, 1.82) is 0 Å². The van der Waals surface area contributed by atoms with Gasteiger partial charge in [-0.25, -0.2) is 4.98 Å². The number of hydrogen-bond donors (Lipinski definition) is 1. The van der Waals surface area contributed by atoms with Crippen LogP contribution in [0.2, 0.25) is 0 Å². The van der Waals surface area contributed by atoms with Crippen LogP contribution in [0.5, 0.6) is 0 Å². The molecule has 0 saturated carbocycles. The summed E-state index contributed by atoms with van der Waals surface area (Å²) in [5.41, 5.74) is 3.13. The Morgan fingerprint density at radius 3 is 2.81 bits per heavy atom. The summed E-state index contributed by atoms with van der Waals surface area (Å²) in [4.78, 5) is 16.7. The summed E-state index contributed by atoms with van der Waals surface area (Å²) in [6.45, 7) is 2.48. The molecule has 0 saturated heterocycles. The number of aromatic nitrogens is 4. The Bertz CT molecular complexity index is 1040. The molecule has 0 aliphatic rings. The summed E-state index contributed by atoms with van der Waals surface area (Å²) in [7, 11) is 0. The average molecular weight is 396 g/mol. The molecule has 0 atom stereocenters. The molecule has 0 aliphatic carbocycles. The first-order valence-corrected chi connectivity index (χ1v) is 10.2. The molecular weight excluding hydrogens is 378 g/mol. The number of para-hydroxylation sites is 1. The van der Waals surface area contributed by atoms with Crippen molar-refractivity contribution in [3.63, 3.8) is 0 Å². The van der Waals surface area contributed by atoms with Crippen LogP contribution in [-0.2, 0) is 11.3 Å². The van der Waals surface area contributed by atoms with E-state index in [1.165, 1.54) is 17.3 Å². The van der Waals surface area contributed by atoms with E-state index in [1.54, 1.807) is 17.7 Å². The lowest BCUT2D eigenvalue weighted by atomic mass is 10.2. The highest BCUT2D eigenvalue weighted by molar-refractivity contribution is 7.99. The van der Waals surface area contributed by atoms with Crippen LogP contribution >= 0.6 is 23.1 Å². The fourth-order valence-electron chi connectivity index (χ4n) is 2.56. The van der Waals surface area contributed by atoms with Crippen molar-refractivity contribution in [1.82, 2.24) is 25.1 Å². The molecule has 0 fully saturated rings. The molecule has 2 aromatic carbocycles. The van der Waals surface area contributed by atoms with E-state index in [1.807, 2.05) is 60.0 Å². The summed E-state index contributed by atoms with van der Waals surface area (Å²) >= 11 is 2.96. The molecule has 0 spiro atoms. The molecule has 6 nitrogen and oxygen atoms in total. The molecule has 8 heteroatoms. The minimum Gasteiger partial charge on any atom is -0.349 e. The number of fused-ring (bicyclic) bond motifs is 1. The molecule has 1 N–H and O–H groups in total. The van der Waals surface area contributed by atoms with E-state index in [0.717, 1.165) is 20.9 Å². The second-order valence-electron chi connectivity index (χ2n) is 5.96. The second kappa shape index (κ2) is 7.89. The topological polar surface area (TPSA) is 72.7 Å². The van der Waals surface area contributed by atoms with Crippen LogP contribution in [0.4, 0.5) is 0 Å². The van der Waals surface area contributed by atoms with E-state index in [0.29, 0.717) is 11.7 Å². The number of thiazole rings is 1. The van der Waals surface area contributed by atoms with Crippen LogP contribution in [0.3, 0.4) is 0 Å². The van der Waals surface area contributed by atoms with E-state index < -0.39 is 0 Å². The number of aryl methyl sites for hydroxylation is 1. The number of nitrogens with zero attached hydrogens (tertiary/aromatic N) is 4. The van der Waals surface area contributed by atoms with Crippen molar-refractivity contribution < 1.29 is 4.79 Å². The normalized spacial score (nSPS) is 11.0. The molecule has 27 heavy (non-hydrogen) atoms. The molecule has 0 bridgehead atoms. The van der Waals surface area contributed by atoms with Gasteiger partial charge >= 0.3 is 0 Å². The Morgan fingerprint density at radius 1 is 1.19 bits per heavy atom. The Labute approximate surface area is 164 Å². The molecule has 0 unspecified atom stereocenters. The third-order valence-electron chi connectivity index (χ3n) is 3.94. The fourth-order valence-corrected chi connectivity index (χ4v) is 4.22. The number of carbonyl (C=O) groups excluding carboxylic acids is 1. The Morgan fingerprint density at radius 2 is 2.00 bits per heavy atom. The Kier molecular flexibility index (Phi) is 5.17. The van der Waals surface area contributed by atoms with Gasteiger partial charge in [0.2, 0.25) is 5.91 Å². The SMILES string of the molecule is Cc1ccc(-n2cnnc2SCC(=O)NCc2nc3ccccc3s2)cc1. The standard InChI is InChI=1S/C19H17N5OS2/c1-13-6-8-14(9-7-13)24-12-21-23-19(24)26-11-17(25)20-10-18-22-15-4-2-3-5-16(15)27-18/h2-9,12H,10-11H2,1H3,(H,20,25).